The summed E-state index contributed by atoms with van der Waals surface area (Å²) in [7, 11) is 0. The van der Waals surface area contributed by atoms with Gasteiger partial charge in [-0.2, -0.15) is 0 Å². The zero-order chi connectivity index (χ0) is 8.39. The molecule has 60 valence electrons. The molecule has 0 bridgehead atoms. The Morgan fingerprint density at radius 1 is 1.25 bits per heavy atom. The fourth-order valence-corrected chi connectivity index (χ4v) is 1.07. The molecule has 4 heteroatoms. The molecule has 0 atom stereocenters. The molecular weight excluding hydrogens is 220 g/mol. The highest BCUT2D eigenvalue weighted by molar-refractivity contribution is 9.10. The van der Waals surface area contributed by atoms with Crippen LogP contribution in [0.25, 0.3) is 11.5 Å². The third-order valence-electron chi connectivity index (χ3n) is 1.39. The molecule has 0 fully saturated rings. The van der Waals surface area contributed by atoms with Crippen LogP contribution in [0.2, 0.25) is 0 Å². The minimum Gasteiger partial charge on any atom is -0.463 e. The molecule has 0 aliphatic rings. The van der Waals surface area contributed by atoms with E-state index in [0.717, 1.165) is 16.1 Å². The van der Waals surface area contributed by atoms with Gasteiger partial charge in [0.15, 0.2) is 5.76 Å². The van der Waals surface area contributed by atoms with E-state index in [2.05, 4.69) is 25.9 Å². The SMILES string of the molecule is Brc1cnc(-c2ccco2)cn1. The van der Waals surface area contributed by atoms with Crippen LogP contribution in [-0.4, -0.2) is 9.97 Å². The first kappa shape index (κ1) is 7.49. The Morgan fingerprint density at radius 3 is 2.75 bits per heavy atom. The molecule has 2 heterocycles. The van der Waals surface area contributed by atoms with E-state index < -0.39 is 0 Å². The highest BCUT2D eigenvalue weighted by Gasteiger charge is 2.00. The summed E-state index contributed by atoms with van der Waals surface area (Å²) in [6.45, 7) is 0. The van der Waals surface area contributed by atoms with Crippen LogP contribution < -0.4 is 0 Å². The van der Waals surface area contributed by atoms with Crippen LogP contribution in [0, 0.1) is 0 Å². The Labute approximate surface area is 77.6 Å². The van der Waals surface area contributed by atoms with Crippen LogP contribution in [0.4, 0.5) is 0 Å². The zero-order valence-corrected chi connectivity index (χ0v) is 7.65. The lowest BCUT2D eigenvalue weighted by atomic mass is 10.3. The maximum atomic E-state index is 5.14. The average Bonchev–Trinajstić information content (AvgIpc) is 2.58. The highest BCUT2D eigenvalue weighted by Crippen LogP contribution is 2.16. The van der Waals surface area contributed by atoms with E-state index in [1.165, 1.54) is 0 Å². The fraction of sp³-hybridized carbons (Fsp3) is 0. The van der Waals surface area contributed by atoms with Gasteiger partial charge in [0.25, 0.3) is 0 Å². The first-order valence-corrected chi connectivity index (χ1v) is 4.17. The number of halogens is 1. The summed E-state index contributed by atoms with van der Waals surface area (Å²) in [6, 6.07) is 3.66. The molecule has 0 aliphatic heterocycles. The Balaban J connectivity index is 2.43. The number of nitrogens with zero attached hydrogens (tertiary/aromatic N) is 2. The van der Waals surface area contributed by atoms with Crippen LogP contribution >= 0.6 is 15.9 Å². The van der Waals surface area contributed by atoms with Gasteiger partial charge < -0.3 is 4.42 Å². The van der Waals surface area contributed by atoms with Crippen molar-refractivity contribution >= 4 is 15.9 Å². The van der Waals surface area contributed by atoms with E-state index in [1.807, 2.05) is 12.1 Å². The van der Waals surface area contributed by atoms with Crippen molar-refractivity contribution in [1.82, 2.24) is 9.97 Å². The Morgan fingerprint density at radius 2 is 2.17 bits per heavy atom. The lowest BCUT2D eigenvalue weighted by Crippen LogP contribution is -1.82. The number of furan rings is 1. The minimum atomic E-state index is 0.720. The largest absolute Gasteiger partial charge is 0.463 e. The van der Waals surface area contributed by atoms with Gasteiger partial charge in [0.1, 0.15) is 10.3 Å². The van der Waals surface area contributed by atoms with Gasteiger partial charge in [-0.3, -0.25) is 0 Å². The molecule has 2 aromatic heterocycles. The maximum Gasteiger partial charge on any atom is 0.153 e. The van der Waals surface area contributed by atoms with Crippen LogP contribution in [0.3, 0.4) is 0 Å². The monoisotopic (exact) mass is 224 g/mol. The summed E-state index contributed by atoms with van der Waals surface area (Å²) in [5.41, 5.74) is 0.739. The Hall–Kier alpha value is -1.16. The molecule has 0 saturated carbocycles. The van der Waals surface area contributed by atoms with Crippen LogP contribution in [0.15, 0.2) is 39.8 Å². The van der Waals surface area contributed by atoms with Crippen molar-refractivity contribution in [3.63, 3.8) is 0 Å². The summed E-state index contributed by atoms with van der Waals surface area (Å²) in [5.74, 6) is 0.731. The van der Waals surface area contributed by atoms with Gasteiger partial charge in [-0.1, -0.05) is 0 Å². The Bertz CT molecular complexity index is 355. The second-order valence-electron chi connectivity index (χ2n) is 2.20. The summed E-state index contributed by atoms with van der Waals surface area (Å²) in [4.78, 5) is 8.15. The van der Waals surface area contributed by atoms with Crippen molar-refractivity contribution in [1.29, 1.82) is 0 Å². The second-order valence-corrected chi connectivity index (χ2v) is 3.01. The van der Waals surface area contributed by atoms with Crippen molar-refractivity contribution in [2.75, 3.05) is 0 Å². The molecule has 2 rings (SSSR count). The molecule has 3 nitrogen and oxygen atoms in total. The van der Waals surface area contributed by atoms with Gasteiger partial charge in [-0.05, 0) is 28.1 Å². The van der Waals surface area contributed by atoms with Crippen LogP contribution in [-0.2, 0) is 0 Å². The standard InChI is InChI=1S/C8H5BrN2O/c9-8-5-10-6(4-11-8)7-2-1-3-12-7/h1-5H. The molecular formula is C8H5BrN2O. The molecule has 0 aliphatic carbocycles. The van der Waals surface area contributed by atoms with Gasteiger partial charge in [0.2, 0.25) is 0 Å². The molecule has 0 spiro atoms. The number of aromatic nitrogens is 2. The van der Waals surface area contributed by atoms with Crippen molar-refractivity contribution in [2.45, 2.75) is 0 Å². The highest BCUT2D eigenvalue weighted by atomic mass is 79.9. The third-order valence-corrected chi connectivity index (χ3v) is 1.80. The molecule has 12 heavy (non-hydrogen) atoms. The first-order chi connectivity index (χ1) is 5.86. The minimum absolute atomic E-state index is 0.720. The normalized spacial score (nSPS) is 10.1. The number of hydrogen-bond donors (Lipinski definition) is 0. The topological polar surface area (TPSA) is 38.9 Å². The molecule has 0 radical (unpaired) electrons. The van der Waals surface area contributed by atoms with Crippen molar-refractivity contribution in [2.24, 2.45) is 0 Å². The van der Waals surface area contributed by atoms with Gasteiger partial charge in [-0.15, -0.1) is 0 Å². The van der Waals surface area contributed by atoms with E-state index in [1.54, 1.807) is 18.7 Å². The summed E-state index contributed by atoms with van der Waals surface area (Å²) >= 11 is 3.20. The molecule has 0 saturated heterocycles. The van der Waals surface area contributed by atoms with E-state index >= 15 is 0 Å². The predicted octanol–water partition coefficient (Wildman–Crippen LogP) is 2.50. The van der Waals surface area contributed by atoms with Crippen molar-refractivity contribution in [3.05, 3.63) is 35.4 Å². The summed E-state index contributed by atoms with van der Waals surface area (Å²) in [5, 5.41) is 0. The quantitative estimate of drug-likeness (QED) is 0.748. The summed E-state index contributed by atoms with van der Waals surface area (Å²) in [6.07, 6.45) is 4.90. The predicted molar refractivity (Wildman–Crippen MR) is 47.4 cm³/mol. The van der Waals surface area contributed by atoms with E-state index in [9.17, 15) is 0 Å². The van der Waals surface area contributed by atoms with E-state index in [4.69, 9.17) is 4.42 Å². The zero-order valence-electron chi connectivity index (χ0n) is 6.07. The second kappa shape index (κ2) is 3.06. The van der Waals surface area contributed by atoms with Crippen molar-refractivity contribution in [3.8, 4) is 11.5 Å². The lowest BCUT2D eigenvalue weighted by Gasteiger charge is -1.93. The van der Waals surface area contributed by atoms with Crippen molar-refractivity contribution < 1.29 is 4.42 Å². The Kier molecular flexibility index (Phi) is 1.91. The molecule has 0 N–H and O–H groups in total. The average molecular weight is 225 g/mol. The molecule has 0 unspecified atom stereocenters. The van der Waals surface area contributed by atoms with Crippen LogP contribution in [0.5, 0.6) is 0 Å². The molecule has 0 amide bonds. The van der Waals surface area contributed by atoms with Gasteiger partial charge >= 0.3 is 0 Å². The first-order valence-electron chi connectivity index (χ1n) is 3.38. The smallest absolute Gasteiger partial charge is 0.153 e. The summed E-state index contributed by atoms with van der Waals surface area (Å²) < 4.78 is 5.86. The van der Waals surface area contributed by atoms with Gasteiger partial charge in [-0.25, -0.2) is 9.97 Å². The van der Waals surface area contributed by atoms with E-state index in [0.29, 0.717) is 0 Å². The fourth-order valence-electron chi connectivity index (χ4n) is 0.864. The van der Waals surface area contributed by atoms with E-state index in [-0.39, 0.29) is 0 Å². The van der Waals surface area contributed by atoms with Gasteiger partial charge in [0, 0.05) is 0 Å². The third kappa shape index (κ3) is 1.38. The molecule has 0 aromatic carbocycles. The lowest BCUT2D eigenvalue weighted by molar-refractivity contribution is 0.579. The molecule has 2 aromatic rings. The number of rotatable bonds is 1. The van der Waals surface area contributed by atoms with Crippen LogP contribution in [0.1, 0.15) is 0 Å². The van der Waals surface area contributed by atoms with Gasteiger partial charge in [0.05, 0.1) is 18.7 Å². The number of hydrogen-bond acceptors (Lipinski definition) is 3. The maximum absolute atomic E-state index is 5.14.